The van der Waals surface area contributed by atoms with Crippen molar-refractivity contribution >= 4 is 17.5 Å². The van der Waals surface area contributed by atoms with Crippen molar-refractivity contribution in [3.63, 3.8) is 0 Å². The molecule has 2 rings (SSSR count). The third-order valence-corrected chi connectivity index (χ3v) is 4.01. The number of piperidine rings is 1. The summed E-state index contributed by atoms with van der Waals surface area (Å²) in [6.45, 7) is 0.662. The van der Waals surface area contributed by atoms with E-state index in [1.807, 2.05) is 0 Å². The van der Waals surface area contributed by atoms with Crippen LogP contribution in [-0.4, -0.2) is 42.5 Å². The number of hydrogen-bond acceptors (Lipinski definition) is 3. The molecule has 0 bridgehead atoms. The van der Waals surface area contributed by atoms with Crippen molar-refractivity contribution in [1.29, 1.82) is 0 Å². The maximum atomic E-state index is 12.6. The van der Waals surface area contributed by atoms with E-state index in [1.165, 1.54) is 23.1 Å². The topological polar surface area (TPSA) is 75.4 Å². The molecule has 0 spiro atoms. The normalized spacial score (nSPS) is 18.3. The minimum atomic E-state index is -4.32. The number of anilines is 1. The van der Waals surface area contributed by atoms with E-state index in [0.717, 1.165) is 0 Å². The molecule has 1 aliphatic rings. The molecule has 1 saturated heterocycles. The van der Waals surface area contributed by atoms with E-state index in [4.69, 9.17) is 5.73 Å². The molecule has 0 radical (unpaired) electrons. The summed E-state index contributed by atoms with van der Waals surface area (Å²) in [4.78, 5) is 25.0. The Hall–Kier alpha value is -2.25. The number of para-hydroxylation sites is 1. The number of rotatable bonds is 5. The summed E-state index contributed by atoms with van der Waals surface area (Å²) >= 11 is 0. The summed E-state index contributed by atoms with van der Waals surface area (Å²) in [7, 11) is 0. The zero-order valence-electron chi connectivity index (χ0n) is 13.1. The molecular formula is C16H20F3N3O2. The number of halogens is 3. The Bertz CT molecular complexity index is 604. The number of nitrogens with zero attached hydrogens (tertiary/aromatic N) is 1. The van der Waals surface area contributed by atoms with Crippen LogP contribution in [0, 0.1) is 5.92 Å². The zero-order chi connectivity index (χ0) is 17.7. The number of amides is 2. The molecule has 5 nitrogen and oxygen atoms in total. The van der Waals surface area contributed by atoms with E-state index in [-0.39, 0.29) is 36.2 Å². The van der Waals surface area contributed by atoms with Crippen LogP contribution in [0.25, 0.3) is 0 Å². The molecule has 8 heteroatoms. The average Bonchev–Trinajstić information content (AvgIpc) is 2.52. The van der Waals surface area contributed by atoms with Crippen LogP contribution in [0.1, 0.15) is 18.4 Å². The Kier molecular flexibility index (Phi) is 5.69. The van der Waals surface area contributed by atoms with Crippen molar-refractivity contribution in [3.8, 4) is 0 Å². The van der Waals surface area contributed by atoms with Gasteiger partial charge in [-0.3, -0.25) is 9.59 Å². The third kappa shape index (κ3) is 5.14. The van der Waals surface area contributed by atoms with Crippen LogP contribution >= 0.6 is 0 Å². The van der Waals surface area contributed by atoms with E-state index in [9.17, 15) is 22.8 Å². The largest absolute Gasteiger partial charge is 0.393 e. The fourth-order valence-electron chi connectivity index (χ4n) is 2.78. The van der Waals surface area contributed by atoms with Gasteiger partial charge >= 0.3 is 6.18 Å². The average molecular weight is 343 g/mol. The van der Waals surface area contributed by atoms with E-state index < -0.39 is 18.5 Å². The summed E-state index contributed by atoms with van der Waals surface area (Å²) in [5.41, 5.74) is 5.65. The van der Waals surface area contributed by atoms with Gasteiger partial charge in [0.1, 0.15) is 0 Å². The van der Waals surface area contributed by atoms with Gasteiger partial charge in [0.25, 0.3) is 0 Å². The van der Waals surface area contributed by atoms with Gasteiger partial charge in [-0.05, 0) is 24.5 Å². The molecule has 132 valence electrons. The van der Waals surface area contributed by atoms with Crippen LogP contribution < -0.4 is 11.1 Å². The maximum absolute atomic E-state index is 12.6. The fourth-order valence-corrected chi connectivity index (χ4v) is 2.78. The number of carbonyl (C=O) groups excluding carboxylic acids is 2. The van der Waals surface area contributed by atoms with Crippen LogP contribution in [0.3, 0.4) is 0 Å². The second-order valence-corrected chi connectivity index (χ2v) is 5.88. The van der Waals surface area contributed by atoms with E-state index in [1.54, 1.807) is 6.07 Å². The highest BCUT2D eigenvalue weighted by Crippen LogP contribution is 2.26. The molecular weight excluding hydrogens is 323 g/mol. The molecule has 0 saturated carbocycles. The van der Waals surface area contributed by atoms with Crippen LogP contribution in [0.5, 0.6) is 0 Å². The number of alkyl halides is 3. The van der Waals surface area contributed by atoms with Crippen LogP contribution in [0.2, 0.25) is 0 Å². The monoisotopic (exact) mass is 343 g/mol. The molecule has 1 atom stereocenters. The van der Waals surface area contributed by atoms with Gasteiger partial charge in [0, 0.05) is 18.8 Å². The Morgan fingerprint density at radius 1 is 1.29 bits per heavy atom. The van der Waals surface area contributed by atoms with Gasteiger partial charge in [0.15, 0.2) is 0 Å². The van der Waals surface area contributed by atoms with Gasteiger partial charge in [0.2, 0.25) is 11.8 Å². The number of nitrogens with one attached hydrogen (secondary N) is 1. The molecule has 2 amide bonds. The van der Waals surface area contributed by atoms with E-state index in [0.29, 0.717) is 19.4 Å². The summed E-state index contributed by atoms with van der Waals surface area (Å²) < 4.78 is 37.7. The minimum absolute atomic E-state index is 0.0893. The van der Waals surface area contributed by atoms with Crippen LogP contribution in [-0.2, 0) is 16.0 Å². The van der Waals surface area contributed by atoms with Gasteiger partial charge < -0.3 is 16.0 Å². The van der Waals surface area contributed by atoms with E-state index in [2.05, 4.69) is 5.32 Å². The summed E-state index contributed by atoms with van der Waals surface area (Å²) in [6.07, 6.45) is -4.04. The summed E-state index contributed by atoms with van der Waals surface area (Å²) in [6, 6.07) is 6.02. The molecule has 1 aliphatic heterocycles. The lowest BCUT2D eigenvalue weighted by Crippen LogP contribution is -2.46. The lowest BCUT2D eigenvalue weighted by atomic mass is 9.97. The van der Waals surface area contributed by atoms with Gasteiger partial charge in [-0.1, -0.05) is 18.2 Å². The van der Waals surface area contributed by atoms with Gasteiger partial charge in [-0.2, -0.15) is 13.2 Å². The quantitative estimate of drug-likeness (QED) is 0.858. The first-order valence-electron chi connectivity index (χ1n) is 7.72. The van der Waals surface area contributed by atoms with Crippen molar-refractivity contribution in [1.82, 2.24) is 4.90 Å². The molecule has 1 aromatic carbocycles. The highest BCUT2D eigenvalue weighted by atomic mass is 19.4. The Morgan fingerprint density at radius 2 is 2.00 bits per heavy atom. The van der Waals surface area contributed by atoms with Gasteiger partial charge in [0.05, 0.1) is 18.9 Å². The number of nitrogens with two attached hydrogens (primary N) is 1. The van der Waals surface area contributed by atoms with E-state index >= 15 is 0 Å². The Balaban J connectivity index is 1.96. The highest BCUT2D eigenvalue weighted by Gasteiger charge is 2.29. The first-order chi connectivity index (χ1) is 11.3. The van der Waals surface area contributed by atoms with Gasteiger partial charge in [-0.25, -0.2) is 0 Å². The number of likely N-dealkylation sites (tertiary alicyclic amines) is 1. The standard InChI is InChI=1S/C16H20F3N3O2/c17-16(18,19)8-11-4-1-2-6-13(11)21-9-14(23)22-7-3-5-12(10-22)15(20)24/h1-2,4,6,12,21H,3,5,7-10H2,(H2,20,24)/t12-/m1/s1. The molecule has 0 aliphatic carbocycles. The summed E-state index contributed by atoms with van der Waals surface area (Å²) in [5, 5.41) is 2.77. The summed E-state index contributed by atoms with van der Waals surface area (Å²) in [5.74, 6) is -1.06. The first kappa shape index (κ1) is 18.1. The smallest absolute Gasteiger partial charge is 0.376 e. The van der Waals surface area contributed by atoms with Gasteiger partial charge in [-0.15, -0.1) is 0 Å². The van der Waals surface area contributed by atoms with Crippen molar-refractivity contribution < 1.29 is 22.8 Å². The number of carbonyl (C=O) groups is 2. The predicted molar refractivity (Wildman–Crippen MR) is 83.2 cm³/mol. The predicted octanol–water partition coefficient (Wildman–Crippen LogP) is 1.93. The lowest BCUT2D eigenvalue weighted by molar-refractivity contribution is -0.133. The number of primary amides is 1. The second-order valence-electron chi connectivity index (χ2n) is 5.88. The minimum Gasteiger partial charge on any atom is -0.376 e. The molecule has 24 heavy (non-hydrogen) atoms. The van der Waals surface area contributed by atoms with Crippen molar-refractivity contribution in [2.45, 2.75) is 25.4 Å². The van der Waals surface area contributed by atoms with Crippen LogP contribution in [0.15, 0.2) is 24.3 Å². The Morgan fingerprint density at radius 3 is 2.67 bits per heavy atom. The van der Waals surface area contributed by atoms with Crippen molar-refractivity contribution in [2.24, 2.45) is 11.7 Å². The molecule has 1 heterocycles. The molecule has 1 aromatic rings. The maximum Gasteiger partial charge on any atom is 0.393 e. The second kappa shape index (κ2) is 7.55. The van der Waals surface area contributed by atoms with Crippen molar-refractivity contribution in [2.75, 3.05) is 25.0 Å². The SMILES string of the molecule is NC(=O)[C@@H]1CCCN(C(=O)CNc2ccccc2CC(F)(F)F)C1. The lowest BCUT2D eigenvalue weighted by Gasteiger charge is -2.31. The molecule has 0 aromatic heterocycles. The number of hydrogen-bond donors (Lipinski definition) is 2. The Labute approximate surface area is 138 Å². The fraction of sp³-hybridized carbons (Fsp3) is 0.500. The number of benzene rings is 1. The highest BCUT2D eigenvalue weighted by molar-refractivity contribution is 5.83. The zero-order valence-corrected chi connectivity index (χ0v) is 13.1. The molecule has 1 fully saturated rings. The van der Waals surface area contributed by atoms with Crippen molar-refractivity contribution in [3.05, 3.63) is 29.8 Å². The third-order valence-electron chi connectivity index (χ3n) is 4.01. The molecule has 3 N–H and O–H groups in total. The van der Waals surface area contributed by atoms with Crippen LogP contribution in [0.4, 0.5) is 18.9 Å². The first-order valence-corrected chi connectivity index (χ1v) is 7.72. The molecule has 0 unspecified atom stereocenters.